The van der Waals surface area contributed by atoms with E-state index in [4.69, 9.17) is 10.5 Å². The van der Waals surface area contributed by atoms with Crippen LogP contribution in [0.15, 0.2) is 77.7 Å². The fourth-order valence-corrected chi connectivity index (χ4v) is 3.50. The second kappa shape index (κ2) is 9.01. The highest BCUT2D eigenvalue weighted by molar-refractivity contribution is 7.90. The molecule has 160 valence electrons. The SMILES string of the molecule is CC(NC(=O)c1ccc(Oc2ccc(C(N)=O)cc2)cc1)c1ccc(S(C)(=O)=O)cc1. The van der Waals surface area contributed by atoms with E-state index in [0.29, 0.717) is 22.6 Å². The maximum atomic E-state index is 12.5. The molecule has 3 aromatic carbocycles. The van der Waals surface area contributed by atoms with Crippen LogP contribution in [0.3, 0.4) is 0 Å². The maximum absolute atomic E-state index is 12.5. The third-order valence-electron chi connectivity index (χ3n) is 4.65. The van der Waals surface area contributed by atoms with Crippen LogP contribution in [0, 0.1) is 0 Å². The smallest absolute Gasteiger partial charge is 0.251 e. The number of carbonyl (C=O) groups excluding carboxylic acids is 2. The van der Waals surface area contributed by atoms with Gasteiger partial charge in [-0.3, -0.25) is 9.59 Å². The Hall–Kier alpha value is -3.65. The molecule has 0 aliphatic heterocycles. The van der Waals surface area contributed by atoms with Gasteiger partial charge in [-0.05, 0) is 73.2 Å². The second-order valence-electron chi connectivity index (χ2n) is 7.05. The summed E-state index contributed by atoms with van der Waals surface area (Å²) in [4.78, 5) is 23.9. The van der Waals surface area contributed by atoms with Gasteiger partial charge in [-0.1, -0.05) is 12.1 Å². The molecule has 0 saturated carbocycles. The Labute approximate surface area is 180 Å². The molecular weight excluding hydrogens is 416 g/mol. The quantitative estimate of drug-likeness (QED) is 0.586. The van der Waals surface area contributed by atoms with Crippen LogP contribution in [-0.4, -0.2) is 26.5 Å². The molecule has 0 bridgehead atoms. The first-order chi connectivity index (χ1) is 14.6. The van der Waals surface area contributed by atoms with Crippen LogP contribution < -0.4 is 15.8 Å². The largest absolute Gasteiger partial charge is 0.457 e. The van der Waals surface area contributed by atoms with E-state index < -0.39 is 15.7 Å². The molecule has 8 heteroatoms. The molecule has 7 nitrogen and oxygen atoms in total. The molecule has 0 aromatic heterocycles. The number of nitrogens with one attached hydrogen (secondary N) is 1. The van der Waals surface area contributed by atoms with E-state index in [1.807, 2.05) is 6.92 Å². The molecule has 0 aliphatic carbocycles. The highest BCUT2D eigenvalue weighted by Gasteiger charge is 2.13. The van der Waals surface area contributed by atoms with Crippen LogP contribution in [0.5, 0.6) is 11.5 Å². The summed E-state index contributed by atoms with van der Waals surface area (Å²) in [6.07, 6.45) is 1.15. The van der Waals surface area contributed by atoms with E-state index in [-0.39, 0.29) is 16.8 Å². The summed E-state index contributed by atoms with van der Waals surface area (Å²) in [5.41, 5.74) is 6.85. The molecule has 0 radical (unpaired) electrons. The molecule has 0 saturated heterocycles. The molecule has 31 heavy (non-hydrogen) atoms. The molecule has 3 N–H and O–H groups in total. The second-order valence-corrected chi connectivity index (χ2v) is 9.07. The molecule has 2 amide bonds. The Bertz CT molecular complexity index is 1190. The predicted octanol–water partition coefficient (Wildman–Crippen LogP) is 3.47. The molecule has 1 unspecified atom stereocenters. The average molecular weight is 439 g/mol. The zero-order valence-corrected chi connectivity index (χ0v) is 17.8. The summed E-state index contributed by atoms with van der Waals surface area (Å²) in [5.74, 6) is 0.292. The van der Waals surface area contributed by atoms with Crippen molar-refractivity contribution in [2.75, 3.05) is 6.26 Å². The van der Waals surface area contributed by atoms with Crippen LogP contribution in [0.1, 0.15) is 39.2 Å². The van der Waals surface area contributed by atoms with Gasteiger partial charge in [0.15, 0.2) is 9.84 Å². The van der Waals surface area contributed by atoms with Crippen molar-refractivity contribution in [3.8, 4) is 11.5 Å². The minimum atomic E-state index is -3.26. The van der Waals surface area contributed by atoms with Crippen LogP contribution in [0.2, 0.25) is 0 Å². The van der Waals surface area contributed by atoms with Crippen molar-refractivity contribution >= 4 is 21.7 Å². The van der Waals surface area contributed by atoms with Crippen molar-refractivity contribution < 1.29 is 22.7 Å². The summed E-state index contributed by atoms with van der Waals surface area (Å²) in [6.45, 7) is 1.82. The first-order valence-corrected chi connectivity index (χ1v) is 11.3. The number of hydrogen-bond donors (Lipinski definition) is 2. The Balaban J connectivity index is 1.62. The van der Waals surface area contributed by atoms with Crippen LogP contribution in [0.25, 0.3) is 0 Å². The fraction of sp³-hybridized carbons (Fsp3) is 0.130. The topological polar surface area (TPSA) is 116 Å². The third-order valence-corrected chi connectivity index (χ3v) is 5.78. The minimum absolute atomic E-state index is 0.231. The molecule has 0 heterocycles. The number of ether oxygens (including phenoxy) is 1. The lowest BCUT2D eigenvalue weighted by Crippen LogP contribution is -2.26. The standard InChI is InChI=1S/C23H22N2O5S/c1-15(16-7-13-21(14-8-16)31(2,28)29)25-23(27)18-5-11-20(12-6-18)30-19-9-3-17(4-10-19)22(24)26/h3-15H,1-2H3,(H2,24,26)(H,25,27). The molecule has 0 fully saturated rings. The van der Waals surface area contributed by atoms with Gasteiger partial charge in [0.1, 0.15) is 11.5 Å². The lowest BCUT2D eigenvalue weighted by atomic mass is 10.1. The van der Waals surface area contributed by atoms with E-state index in [2.05, 4.69) is 5.32 Å². The van der Waals surface area contributed by atoms with E-state index >= 15 is 0 Å². The first-order valence-electron chi connectivity index (χ1n) is 9.42. The van der Waals surface area contributed by atoms with Crippen LogP contribution >= 0.6 is 0 Å². The van der Waals surface area contributed by atoms with Crippen molar-refractivity contribution in [2.24, 2.45) is 5.73 Å². The third kappa shape index (κ3) is 5.70. The lowest BCUT2D eigenvalue weighted by Gasteiger charge is -2.15. The molecule has 1 atom stereocenters. The van der Waals surface area contributed by atoms with Gasteiger partial charge in [0.2, 0.25) is 5.91 Å². The van der Waals surface area contributed by atoms with Gasteiger partial charge in [-0.15, -0.1) is 0 Å². The zero-order chi connectivity index (χ0) is 22.6. The number of carbonyl (C=O) groups is 2. The molecule has 3 aromatic rings. The number of nitrogens with two attached hydrogens (primary N) is 1. The van der Waals surface area contributed by atoms with Gasteiger partial charge >= 0.3 is 0 Å². The van der Waals surface area contributed by atoms with Crippen molar-refractivity contribution in [3.05, 3.63) is 89.5 Å². The fourth-order valence-electron chi connectivity index (χ4n) is 2.86. The van der Waals surface area contributed by atoms with Gasteiger partial charge in [0, 0.05) is 17.4 Å². The zero-order valence-electron chi connectivity index (χ0n) is 17.0. The van der Waals surface area contributed by atoms with E-state index in [1.165, 1.54) is 12.1 Å². The van der Waals surface area contributed by atoms with E-state index in [9.17, 15) is 18.0 Å². The number of benzene rings is 3. The number of hydrogen-bond acceptors (Lipinski definition) is 5. The van der Waals surface area contributed by atoms with Gasteiger partial charge < -0.3 is 15.8 Å². The minimum Gasteiger partial charge on any atom is -0.457 e. The molecule has 0 spiro atoms. The Kier molecular flexibility index (Phi) is 6.41. The van der Waals surface area contributed by atoms with Crippen molar-refractivity contribution in [1.82, 2.24) is 5.32 Å². The number of sulfone groups is 1. The van der Waals surface area contributed by atoms with Crippen molar-refractivity contribution in [2.45, 2.75) is 17.9 Å². The van der Waals surface area contributed by atoms with Crippen molar-refractivity contribution in [3.63, 3.8) is 0 Å². The lowest BCUT2D eigenvalue weighted by molar-refractivity contribution is 0.0938. The Morgan fingerprint density at radius 1 is 0.839 bits per heavy atom. The number of amides is 2. The molecule has 3 rings (SSSR count). The Morgan fingerprint density at radius 3 is 1.77 bits per heavy atom. The van der Waals surface area contributed by atoms with Gasteiger partial charge in [0.05, 0.1) is 10.9 Å². The van der Waals surface area contributed by atoms with E-state index in [1.54, 1.807) is 60.7 Å². The summed E-state index contributed by atoms with van der Waals surface area (Å²) in [6, 6.07) is 19.1. The summed E-state index contributed by atoms with van der Waals surface area (Å²) in [5, 5.41) is 2.88. The molecule has 0 aliphatic rings. The van der Waals surface area contributed by atoms with Gasteiger partial charge in [0.25, 0.3) is 5.91 Å². The number of primary amides is 1. The first kappa shape index (κ1) is 22.0. The van der Waals surface area contributed by atoms with Gasteiger partial charge in [-0.25, -0.2) is 8.42 Å². The number of rotatable bonds is 7. The highest BCUT2D eigenvalue weighted by atomic mass is 32.2. The Morgan fingerprint density at radius 2 is 1.32 bits per heavy atom. The average Bonchev–Trinajstić information content (AvgIpc) is 2.74. The maximum Gasteiger partial charge on any atom is 0.251 e. The predicted molar refractivity (Wildman–Crippen MR) is 117 cm³/mol. The van der Waals surface area contributed by atoms with Gasteiger partial charge in [-0.2, -0.15) is 0 Å². The summed E-state index contributed by atoms with van der Waals surface area (Å²) >= 11 is 0. The summed E-state index contributed by atoms with van der Waals surface area (Å²) < 4.78 is 28.8. The normalized spacial score (nSPS) is 12.1. The van der Waals surface area contributed by atoms with Crippen LogP contribution in [0.4, 0.5) is 0 Å². The van der Waals surface area contributed by atoms with Crippen LogP contribution in [-0.2, 0) is 9.84 Å². The monoisotopic (exact) mass is 438 g/mol. The molecular formula is C23H22N2O5S. The summed E-state index contributed by atoms with van der Waals surface area (Å²) in [7, 11) is -3.26. The highest BCUT2D eigenvalue weighted by Crippen LogP contribution is 2.23. The van der Waals surface area contributed by atoms with E-state index in [0.717, 1.165) is 11.8 Å². The van der Waals surface area contributed by atoms with Crippen molar-refractivity contribution in [1.29, 1.82) is 0 Å².